The van der Waals surface area contributed by atoms with Gasteiger partial charge in [0.2, 0.25) is 0 Å². The summed E-state index contributed by atoms with van der Waals surface area (Å²) in [5.74, 6) is 0.816. The van der Waals surface area contributed by atoms with Crippen LogP contribution in [0.1, 0.15) is 6.92 Å². The molecule has 0 fully saturated rings. The lowest BCUT2D eigenvalue weighted by atomic mass is 10.5. The van der Waals surface area contributed by atoms with E-state index in [9.17, 15) is 0 Å². The Morgan fingerprint density at radius 3 is 2.57 bits per heavy atom. The Kier molecular flexibility index (Phi) is 3.89. The molecular weight excluding hydrogens is 110 g/mol. The van der Waals surface area contributed by atoms with Gasteiger partial charge in [-0.05, 0) is 13.2 Å². The number of oxime groups is 1. The molecule has 0 saturated heterocycles. The highest BCUT2D eigenvalue weighted by molar-refractivity contribution is 7.99. The highest BCUT2D eigenvalue weighted by Crippen LogP contribution is 1.91. The first kappa shape index (κ1) is 6.82. The van der Waals surface area contributed by atoms with Gasteiger partial charge in [0, 0.05) is 5.75 Å². The van der Waals surface area contributed by atoms with Crippen LogP contribution in [0, 0.1) is 0 Å². The van der Waals surface area contributed by atoms with Gasteiger partial charge in [0.1, 0.15) is 0 Å². The van der Waals surface area contributed by atoms with Gasteiger partial charge in [-0.2, -0.15) is 11.8 Å². The smallest absolute Gasteiger partial charge is 0.0638 e. The molecule has 0 aromatic rings. The van der Waals surface area contributed by atoms with Gasteiger partial charge in [0.15, 0.2) is 0 Å². The molecule has 0 bridgehead atoms. The Labute approximate surface area is 47.6 Å². The van der Waals surface area contributed by atoms with E-state index in [1.165, 1.54) is 0 Å². The summed E-state index contributed by atoms with van der Waals surface area (Å²) in [6, 6.07) is 0. The van der Waals surface area contributed by atoms with Crippen molar-refractivity contribution in [3.05, 3.63) is 0 Å². The highest BCUT2D eigenvalue weighted by atomic mass is 32.2. The molecule has 0 saturated carbocycles. The number of nitrogens with zero attached hydrogens (tertiary/aromatic N) is 1. The summed E-state index contributed by atoms with van der Waals surface area (Å²) in [6.07, 6.45) is 1.97. The van der Waals surface area contributed by atoms with Crippen molar-refractivity contribution >= 4 is 17.5 Å². The average Bonchev–Trinajstić information content (AvgIpc) is 1.68. The second-order valence-electron chi connectivity index (χ2n) is 1.27. The average molecular weight is 119 g/mol. The fraction of sp³-hybridized carbons (Fsp3) is 0.750. The Balaban J connectivity index is 3.17. The number of hydrogen-bond acceptors (Lipinski definition) is 3. The van der Waals surface area contributed by atoms with Crippen LogP contribution in [0.2, 0.25) is 0 Å². The van der Waals surface area contributed by atoms with Crippen molar-refractivity contribution in [2.24, 2.45) is 5.16 Å². The molecule has 0 aromatic heterocycles. The first-order chi connectivity index (χ1) is 3.31. The summed E-state index contributed by atoms with van der Waals surface area (Å²) in [6.45, 7) is 1.79. The second-order valence-corrected chi connectivity index (χ2v) is 2.13. The van der Waals surface area contributed by atoms with Crippen LogP contribution in [-0.4, -0.2) is 22.9 Å². The van der Waals surface area contributed by atoms with E-state index in [-0.39, 0.29) is 0 Å². The number of hydrogen-bond donors (Lipinski definition) is 1. The quantitative estimate of drug-likeness (QED) is 0.336. The first-order valence-electron chi connectivity index (χ1n) is 1.97. The zero-order valence-electron chi connectivity index (χ0n) is 4.51. The predicted octanol–water partition coefficient (Wildman–Crippen LogP) is 1.20. The van der Waals surface area contributed by atoms with Crippen molar-refractivity contribution in [2.75, 3.05) is 12.0 Å². The van der Waals surface area contributed by atoms with E-state index in [1.807, 2.05) is 6.26 Å². The van der Waals surface area contributed by atoms with E-state index in [1.54, 1.807) is 18.7 Å². The molecule has 3 heteroatoms. The molecule has 2 nitrogen and oxygen atoms in total. The summed E-state index contributed by atoms with van der Waals surface area (Å²) >= 11 is 1.64. The molecule has 0 aliphatic rings. The minimum absolute atomic E-state index is 0.771. The molecule has 0 spiro atoms. The second kappa shape index (κ2) is 3.99. The fourth-order valence-corrected chi connectivity index (χ4v) is 0.713. The van der Waals surface area contributed by atoms with Gasteiger partial charge in [0.25, 0.3) is 0 Å². The van der Waals surface area contributed by atoms with E-state index in [0.717, 1.165) is 11.5 Å². The summed E-state index contributed by atoms with van der Waals surface area (Å²) in [4.78, 5) is 0. The van der Waals surface area contributed by atoms with Crippen LogP contribution in [0.4, 0.5) is 0 Å². The van der Waals surface area contributed by atoms with Crippen LogP contribution in [0.25, 0.3) is 0 Å². The summed E-state index contributed by atoms with van der Waals surface area (Å²) in [5, 5.41) is 11.0. The maximum Gasteiger partial charge on any atom is 0.0638 e. The van der Waals surface area contributed by atoms with Crippen molar-refractivity contribution in [1.82, 2.24) is 0 Å². The fourth-order valence-electron chi connectivity index (χ4n) is 0.238. The van der Waals surface area contributed by atoms with Gasteiger partial charge in [-0.25, -0.2) is 0 Å². The summed E-state index contributed by atoms with van der Waals surface area (Å²) < 4.78 is 0. The zero-order chi connectivity index (χ0) is 5.70. The third-order valence-corrected chi connectivity index (χ3v) is 1.23. The Morgan fingerprint density at radius 1 is 1.86 bits per heavy atom. The monoisotopic (exact) mass is 119 g/mol. The number of thioether (sulfide) groups is 1. The standard InChI is InChI=1S/C4H9NOS/c1-4(5-6)3-7-2/h6H,3H2,1-2H3. The van der Waals surface area contributed by atoms with Gasteiger partial charge in [-0.1, -0.05) is 5.16 Å². The lowest BCUT2D eigenvalue weighted by Crippen LogP contribution is -1.92. The van der Waals surface area contributed by atoms with Crippen LogP contribution in [0.5, 0.6) is 0 Å². The van der Waals surface area contributed by atoms with Gasteiger partial charge >= 0.3 is 0 Å². The molecule has 0 aliphatic carbocycles. The van der Waals surface area contributed by atoms with Crippen molar-refractivity contribution < 1.29 is 5.21 Å². The van der Waals surface area contributed by atoms with E-state index in [0.29, 0.717) is 0 Å². The Bertz CT molecular complexity index is 72.1. The van der Waals surface area contributed by atoms with E-state index in [4.69, 9.17) is 5.21 Å². The lowest BCUT2D eigenvalue weighted by Gasteiger charge is -1.87. The SMILES string of the molecule is CSCC(C)=NO. The van der Waals surface area contributed by atoms with Crippen LogP contribution in [-0.2, 0) is 0 Å². The summed E-state index contributed by atoms with van der Waals surface area (Å²) in [7, 11) is 0. The lowest BCUT2D eigenvalue weighted by molar-refractivity contribution is 0.318. The van der Waals surface area contributed by atoms with Crippen molar-refractivity contribution in [1.29, 1.82) is 0 Å². The van der Waals surface area contributed by atoms with E-state index in [2.05, 4.69) is 5.16 Å². The minimum atomic E-state index is 0.771. The van der Waals surface area contributed by atoms with Gasteiger partial charge < -0.3 is 5.21 Å². The van der Waals surface area contributed by atoms with Crippen molar-refractivity contribution in [3.63, 3.8) is 0 Å². The maximum absolute atomic E-state index is 8.04. The van der Waals surface area contributed by atoms with Gasteiger partial charge in [-0.15, -0.1) is 0 Å². The van der Waals surface area contributed by atoms with E-state index >= 15 is 0 Å². The Morgan fingerprint density at radius 2 is 2.43 bits per heavy atom. The molecule has 7 heavy (non-hydrogen) atoms. The molecule has 0 atom stereocenters. The van der Waals surface area contributed by atoms with E-state index < -0.39 is 0 Å². The zero-order valence-corrected chi connectivity index (χ0v) is 5.33. The molecule has 0 radical (unpaired) electrons. The van der Waals surface area contributed by atoms with Gasteiger partial charge in [-0.3, -0.25) is 0 Å². The predicted molar refractivity (Wildman–Crippen MR) is 33.3 cm³/mol. The minimum Gasteiger partial charge on any atom is -0.411 e. The molecule has 0 unspecified atom stereocenters. The normalized spacial score (nSPS) is 12.0. The molecule has 0 aromatic carbocycles. The van der Waals surface area contributed by atoms with Crippen LogP contribution in [0.15, 0.2) is 5.16 Å². The maximum atomic E-state index is 8.04. The molecule has 0 amide bonds. The highest BCUT2D eigenvalue weighted by Gasteiger charge is 1.84. The van der Waals surface area contributed by atoms with Crippen molar-refractivity contribution in [2.45, 2.75) is 6.92 Å². The van der Waals surface area contributed by atoms with Crippen LogP contribution < -0.4 is 0 Å². The molecular formula is C4H9NOS. The Hall–Kier alpha value is -0.180. The van der Waals surface area contributed by atoms with Gasteiger partial charge in [0.05, 0.1) is 5.71 Å². The molecule has 0 rings (SSSR count). The molecule has 0 heterocycles. The van der Waals surface area contributed by atoms with Crippen LogP contribution in [0.3, 0.4) is 0 Å². The molecule has 42 valence electrons. The first-order valence-corrected chi connectivity index (χ1v) is 3.37. The number of rotatable bonds is 2. The van der Waals surface area contributed by atoms with Crippen molar-refractivity contribution in [3.8, 4) is 0 Å². The largest absolute Gasteiger partial charge is 0.411 e. The summed E-state index contributed by atoms with van der Waals surface area (Å²) in [5.41, 5.74) is 0.771. The molecule has 0 aliphatic heterocycles. The third kappa shape index (κ3) is 3.66. The van der Waals surface area contributed by atoms with Crippen LogP contribution >= 0.6 is 11.8 Å². The molecule has 1 N–H and O–H groups in total. The third-order valence-electron chi connectivity index (χ3n) is 0.524. The topological polar surface area (TPSA) is 32.6 Å².